The molecule has 2 unspecified atom stereocenters. The summed E-state index contributed by atoms with van der Waals surface area (Å²) >= 11 is 0. The van der Waals surface area contributed by atoms with Gasteiger partial charge < -0.3 is 0 Å². The highest BCUT2D eigenvalue weighted by molar-refractivity contribution is 6.94. The maximum atomic E-state index is 2.68. The standard InChI is InChI=1S/C33H38Si/c1-6-13-25-15-11-19-28-30(25)21-23(3)32(28)34(5,27-17-9-8-10-18-27)33-24(4)22-31-26(14-7-2)16-12-20-29(31)33/h8-12,15-22,32-33H,6-7,13-14H2,1-5H3. The van der Waals surface area contributed by atoms with Crippen molar-refractivity contribution in [2.45, 2.75) is 71.0 Å². The van der Waals surface area contributed by atoms with Gasteiger partial charge in [0.2, 0.25) is 0 Å². The summed E-state index contributed by atoms with van der Waals surface area (Å²) in [5, 5.41) is 1.58. The molecular weight excluding hydrogens is 424 g/mol. The number of hydrogen-bond donors (Lipinski definition) is 0. The lowest BCUT2D eigenvalue weighted by atomic mass is 9.99. The van der Waals surface area contributed by atoms with Crippen LogP contribution < -0.4 is 5.19 Å². The van der Waals surface area contributed by atoms with Gasteiger partial charge in [-0.3, -0.25) is 0 Å². The zero-order valence-corrected chi connectivity index (χ0v) is 22.5. The minimum atomic E-state index is -2.12. The SMILES string of the molecule is CCCc1cccc2c1C=C(C)C2[Si](C)(c1ccccc1)C1C(C)=Cc2c(CCC)cccc21. The number of hydrogen-bond acceptors (Lipinski definition) is 0. The van der Waals surface area contributed by atoms with E-state index in [9.17, 15) is 0 Å². The van der Waals surface area contributed by atoms with Crippen molar-refractivity contribution in [3.8, 4) is 0 Å². The Morgan fingerprint density at radius 3 is 1.53 bits per heavy atom. The molecule has 0 aromatic heterocycles. The summed E-state index contributed by atoms with van der Waals surface area (Å²) in [4.78, 5) is 0. The topological polar surface area (TPSA) is 0 Å². The number of fused-ring (bicyclic) bond motifs is 2. The van der Waals surface area contributed by atoms with E-state index in [0.717, 1.165) is 12.8 Å². The van der Waals surface area contributed by atoms with Crippen LogP contribution >= 0.6 is 0 Å². The van der Waals surface area contributed by atoms with Gasteiger partial charge in [-0.15, -0.1) is 0 Å². The largest absolute Gasteiger partial charge is 0.106 e. The Bertz CT molecular complexity index is 1180. The van der Waals surface area contributed by atoms with Crippen LogP contribution in [0.3, 0.4) is 0 Å². The monoisotopic (exact) mass is 462 g/mol. The molecular formula is C33H38Si. The third-order valence-electron chi connectivity index (χ3n) is 8.37. The zero-order valence-electron chi connectivity index (χ0n) is 21.5. The Kier molecular flexibility index (Phi) is 6.25. The minimum absolute atomic E-state index is 0.496. The average Bonchev–Trinajstić information content (AvgIpc) is 3.37. The van der Waals surface area contributed by atoms with E-state index in [1.165, 1.54) is 35.1 Å². The van der Waals surface area contributed by atoms with Crippen molar-refractivity contribution >= 4 is 25.4 Å². The predicted octanol–water partition coefficient (Wildman–Crippen LogP) is 8.36. The summed E-state index contributed by atoms with van der Waals surface area (Å²) in [6, 6.07) is 25.7. The summed E-state index contributed by atoms with van der Waals surface area (Å²) in [5.74, 6) is 0. The zero-order chi connectivity index (χ0) is 23.9. The summed E-state index contributed by atoms with van der Waals surface area (Å²) in [6.45, 7) is 12.1. The van der Waals surface area contributed by atoms with Crippen molar-refractivity contribution in [3.05, 3.63) is 111 Å². The van der Waals surface area contributed by atoms with Crippen molar-refractivity contribution in [2.75, 3.05) is 0 Å². The molecule has 1 heteroatoms. The second-order valence-corrected chi connectivity index (χ2v) is 14.9. The summed E-state index contributed by atoms with van der Waals surface area (Å²) in [7, 11) is -2.12. The lowest BCUT2D eigenvalue weighted by molar-refractivity contribution is 0.911. The highest BCUT2D eigenvalue weighted by atomic mass is 28.3. The fraction of sp³-hybridized carbons (Fsp3) is 0.333. The first-order valence-electron chi connectivity index (χ1n) is 13.2. The smallest absolute Gasteiger partial charge is 0.0675 e. The van der Waals surface area contributed by atoms with E-state index in [1.54, 1.807) is 27.5 Å². The molecule has 0 saturated carbocycles. The van der Waals surface area contributed by atoms with Gasteiger partial charge in [-0.05, 0) is 60.1 Å². The number of rotatable bonds is 7. The van der Waals surface area contributed by atoms with Crippen LogP contribution in [0.5, 0.6) is 0 Å². The Morgan fingerprint density at radius 1 is 0.618 bits per heavy atom. The molecule has 3 aromatic rings. The molecule has 2 atom stereocenters. The molecule has 0 bridgehead atoms. The van der Waals surface area contributed by atoms with Gasteiger partial charge in [0.1, 0.15) is 8.07 Å². The minimum Gasteiger partial charge on any atom is -0.0675 e. The maximum Gasteiger partial charge on any atom is 0.106 e. The molecule has 3 aromatic carbocycles. The Labute approximate surface area is 207 Å². The van der Waals surface area contributed by atoms with Gasteiger partial charge >= 0.3 is 0 Å². The molecule has 0 radical (unpaired) electrons. The van der Waals surface area contributed by atoms with E-state index in [0.29, 0.717) is 11.1 Å². The Morgan fingerprint density at radius 2 is 1.09 bits per heavy atom. The van der Waals surface area contributed by atoms with E-state index < -0.39 is 8.07 Å². The second kappa shape index (κ2) is 9.19. The third kappa shape index (κ3) is 3.57. The van der Waals surface area contributed by atoms with Gasteiger partial charge in [0.05, 0.1) is 0 Å². The fourth-order valence-corrected chi connectivity index (χ4v) is 12.9. The molecule has 5 rings (SSSR count). The summed E-state index contributed by atoms with van der Waals surface area (Å²) < 4.78 is 0. The van der Waals surface area contributed by atoms with Crippen LogP contribution in [0.25, 0.3) is 12.2 Å². The van der Waals surface area contributed by atoms with Crippen LogP contribution in [0, 0.1) is 0 Å². The van der Waals surface area contributed by atoms with E-state index in [4.69, 9.17) is 0 Å². The van der Waals surface area contributed by atoms with E-state index in [1.807, 2.05) is 0 Å². The van der Waals surface area contributed by atoms with Crippen LogP contribution in [0.2, 0.25) is 6.55 Å². The summed E-state index contributed by atoms with van der Waals surface area (Å²) in [5.41, 5.74) is 13.3. The van der Waals surface area contributed by atoms with Crippen molar-refractivity contribution in [1.29, 1.82) is 0 Å². The molecule has 0 aliphatic heterocycles. The highest BCUT2D eigenvalue weighted by Gasteiger charge is 2.51. The molecule has 2 aliphatic carbocycles. The van der Waals surface area contributed by atoms with E-state index >= 15 is 0 Å². The number of aryl methyl sites for hydroxylation is 2. The molecule has 0 amide bonds. The third-order valence-corrected chi connectivity index (χ3v) is 13.9. The molecule has 34 heavy (non-hydrogen) atoms. The van der Waals surface area contributed by atoms with E-state index in [-0.39, 0.29) is 0 Å². The van der Waals surface area contributed by atoms with Crippen molar-refractivity contribution in [1.82, 2.24) is 0 Å². The Hall–Kier alpha value is -2.64. The second-order valence-electron chi connectivity index (χ2n) is 10.6. The van der Waals surface area contributed by atoms with Crippen LogP contribution in [-0.4, -0.2) is 8.07 Å². The van der Waals surface area contributed by atoms with Gasteiger partial charge in [-0.1, -0.05) is 128 Å². The van der Waals surface area contributed by atoms with Crippen LogP contribution in [0.1, 0.15) is 85.0 Å². The average molecular weight is 463 g/mol. The van der Waals surface area contributed by atoms with Gasteiger partial charge in [0.15, 0.2) is 0 Å². The first-order chi connectivity index (χ1) is 16.5. The molecule has 0 heterocycles. The van der Waals surface area contributed by atoms with Crippen molar-refractivity contribution in [2.24, 2.45) is 0 Å². The molecule has 0 nitrogen and oxygen atoms in total. The molecule has 0 spiro atoms. The fourth-order valence-electron chi connectivity index (χ4n) is 7.10. The molecule has 0 saturated heterocycles. The quantitative estimate of drug-likeness (QED) is 0.309. The van der Waals surface area contributed by atoms with Gasteiger partial charge in [-0.25, -0.2) is 0 Å². The van der Waals surface area contributed by atoms with Crippen molar-refractivity contribution < 1.29 is 0 Å². The van der Waals surface area contributed by atoms with Gasteiger partial charge in [-0.2, -0.15) is 0 Å². The molecule has 0 fully saturated rings. The summed E-state index contributed by atoms with van der Waals surface area (Å²) in [6.07, 6.45) is 9.77. The molecule has 174 valence electrons. The van der Waals surface area contributed by atoms with Gasteiger partial charge in [0.25, 0.3) is 0 Å². The predicted molar refractivity (Wildman–Crippen MR) is 151 cm³/mol. The van der Waals surface area contributed by atoms with Gasteiger partial charge in [0, 0.05) is 11.1 Å². The van der Waals surface area contributed by atoms with E-state index in [2.05, 4.69) is 113 Å². The van der Waals surface area contributed by atoms with Crippen LogP contribution in [0.15, 0.2) is 77.9 Å². The lowest BCUT2D eigenvalue weighted by Crippen LogP contribution is -2.56. The first-order valence-corrected chi connectivity index (χ1v) is 15.8. The maximum absolute atomic E-state index is 2.68. The molecule has 2 aliphatic rings. The van der Waals surface area contributed by atoms with Crippen molar-refractivity contribution in [3.63, 3.8) is 0 Å². The lowest BCUT2D eigenvalue weighted by Gasteiger charge is -2.42. The van der Waals surface area contributed by atoms with Crippen LogP contribution in [0.4, 0.5) is 0 Å². The number of benzene rings is 3. The number of allylic oxidation sites excluding steroid dienone is 2. The Balaban J connectivity index is 1.74. The molecule has 0 N–H and O–H groups in total. The highest BCUT2D eigenvalue weighted by Crippen LogP contribution is 2.52. The first kappa shape index (κ1) is 23.1. The normalized spacial score (nSPS) is 20.4. The van der Waals surface area contributed by atoms with Crippen LogP contribution in [-0.2, 0) is 12.8 Å².